The third kappa shape index (κ3) is 3.57. The summed E-state index contributed by atoms with van der Waals surface area (Å²) in [6, 6.07) is 0. The van der Waals surface area contributed by atoms with E-state index >= 15 is 0 Å². The number of hydrogen-bond acceptors (Lipinski definition) is 3. The Hall–Kier alpha value is -1.03. The van der Waals surface area contributed by atoms with Crippen molar-refractivity contribution in [2.24, 2.45) is 23.2 Å². The third-order valence-corrected chi connectivity index (χ3v) is 6.42. The van der Waals surface area contributed by atoms with Gasteiger partial charge in [0.15, 0.2) is 0 Å². The van der Waals surface area contributed by atoms with Crippen LogP contribution < -0.4 is 0 Å². The maximum Gasteiger partial charge on any atom is 0.334 e. The van der Waals surface area contributed by atoms with E-state index in [-0.39, 0.29) is 5.41 Å². The van der Waals surface area contributed by atoms with Gasteiger partial charge in [-0.05, 0) is 81.0 Å². The summed E-state index contributed by atoms with van der Waals surface area (Å²) in [4.78, 5) is 11.6. The number of rotatable bonds is 8. The van der Waals surface area contributed by atoms with Crippen molar-refractivity contribution < 1.29 is 19.4 Å². The summed E-state index contributed by atoms with van der Waals surface area (Å²) >= 11 is 0. The van der Waals surface area contributed by atoms with Gasteiger partial charge in [-0.1, -0.05) is 0 Å². The minimum absolute atomic E-state index is 0.254. The minimum Gasteiger partial charge on any atom is -0.501 e. The number of aliphatic carboxylic acids is 1. The number of carboxylic acids is 1. The van der Waals surface area contributed by atoms with Gasteiger partial charge in [0, 0.05) is 0 Å². The summed E-state index contributed by atoms with van der Waals surface area (Å²) in [5.74, 6) is 1.77. The molecule has 1 heterocycles. The Morgan fingerprint density at radius 1 is 1.17 bits per heavy atom. The molecular formula is C19H28O4. The SMILES string of the molecule is O=C(O)C(=COCCCC1CO1)CC12CC3CC(CC(C3)C1)C2. The minimum atomic E-state index is -0.800. The Balaban J connectivity index is 1.34. The topological polar surface area (TPSA) is 59.1 Å². The fraction of sp³-hybridized carbons (Fsp3) is 0.842. The van der Waals surface area contributed by atoms with E-state index in [0.717, 1.165) is 37.2 Å². The first-order valence-electron chi connectivity index (χ1n) is 9.27. The van der Waals surface area contributed by atoms with E-state index in [2.05, 4.69) is 0 Å². The fourth-order valence-electron chi connectivity index (χ4n) is 5.87. The van der Waals surface area contributed by atoms with E-state index < -0.39 is 5.97 Å². The second-order valence-corrected chi connectivity index (χ2v) is 8.51. The van der Waals surface area contributed by atoms with Gasteiger partial charge in [0.05, 0.1) is 31.2 Å². The maximum absolute atomic E-state index is 11.6. The molecule has 1 saturated heterocycles. The van der Waals surface area contributed by atoms with Crippen LogP contribution in [-0.2, 0) is 14.3 Å². The summed E-state index contributed by atoms with van der Waals surface area (Å²) in [5.41, 5.74) is 0.735. The smallest absolute Gasteiger partial charge is 0.334 e. The van der Waals surface area contributed by atoms with Crippen molar-refractivity contribution in [3.8, 4) is 0 Å². The molecule has 0 radical (unpaired) electrons. The quantitative estimate of drug-likeness (QED) is 0.320. The molecule has 4 nitrogen and oxygen atoms in total. The Labute approximate surface area is 138 Å². The van der Waals surface area contributed by atoms with Crippen molar-refractivity contribution >= 4 is 5.97 Å². The van der Waals surface area contributed by atoms with Crippen molar-refractivity contribution in [3.05, 3.63) is 11.8 Å². The van der Waals surface area contributed by atoms with Crippen LogP contribution in [0, 0.1) is 23.2 Å². The zero-order valence-electron chi connectivity index (χ0n) is 13.8. The lowest BCUT2D eigenvalue weighted by atomic mass is 9.48. The highest BCUT2D eigenvalue weighted by atomic mass is 16.6. The highest BCUT2D eigenvalue weighted by Crippen LogP contribution is 2.62. The summed E-state index contributed by atoms with van der Waals surface area (Å²) in [6.07, 6.45) is 12.5. The molecule has 1 unspecified atom stereocenters. The first kappa shape index (κ1) is 15.5. The van der Waals surface area contributed by atoms with E-state index in [1.54, 1.807) is 0 Å². The van der Waals surface area contributed by atoms with Crippen LogP contribution in [0.15, 0.2) is 11.8 Å². The summed E-state index contributed by atoms with van der Waals surface area (Å²) < 4.78 is 10.7. The highest BCUT2D eigenvalue weighted by molar-refractivity contribution is 5.86. The molecule has 4 heteroatoms. The second kappa shape index (κ2) is 6.12. The molecular weight excluding hydrogens is 292 g/mol. The monoisotopic (exact) mass is 320 g/mol. The van der Waals surface area contributed by atoms with Crippen LogP contribution in [0.3, 0.4) is 0 Å². The zero-order valence-corrected chi connectivity index (χ0v) is 13.8. The molecule has 23 heavy (non-hydrogen) atoms. The highest BCUT2D eigenvalue weighted by Gasteiger charge is 2.51. The lowest BCUT2D eigenvalue weighted by molar-refractivity contribution is -0.134. The number of carbonyl (C=O) groups is 1. The van der Waals surface area contributed by atoms with Crippen LogP contribution in [-0.4, -0.2) is 30.4 Å². The number of carboxylic acid groups (broad SMARTS) is 1. The van der Waals surface area contributed by atoms with Gasteiger partial charge in [0.1, 0.15) is 0 Å². The predicted octanol–water partition coefficient (Wildman–Crippen LogP) is 3.76. The number of ether oxygens (including phenoxy) is 2. The van der Waals surface area contributed by atoms with E-state index in [4.69, 9.17) is 9.47 Å². The normalized spacial score (nSPS) is 41.1. The Bertz CT molecular complexity index is 456. The summed E-state index contributed by atoms with van der Waals surface area (Å²) in [6.45, 7) is 1.47. The molecule has 4 aliphatic carbocycles. The van der Waals surface area contributed by atoms with Crippen molar-refractivity contribution in [2.75, 3.05) is 13.2 Å². The molecule has 5 rings (SSSR count). The van der Waals surface area contributed by atoms with E-state index in [1.807, 2.05) is 0 Å². The standard InChI is InChI=1S/C19H28O4/c20-18(21)16(11-22-3-1-2-17-12-23-17)10-19-7-13-4-14(8-19)6-15(5-13)9-19/h11,13-15,17H,1-10,12H2,(H,20,21). The van der Waals surface area contributed by atoms with Crippen molar-refractivity contribution in [1.29, 1.82) is 0 Å². The Kier molecular flexibility index (Phi) is 4.12. The largest absolute Gasteiger partial charge is 0.501 e. The van der Waals surface area contributed by atoms with Crippen molar-refractivity contribution in [3.63, 3.8) is 0 Å². The van der Waals surface area contributed by atoms with Gasteiger partial charge in [-0.2, -0.15) is 0 Å². The molecule has 0 aromatic carbocycles. The molecule has 0 aromatic rings. The van der Waals surface area contributed by atoms with Gasteiger partial charge in [-0.3, -0.25) is 0 Å². The fourth-order valence-corrected chi connectivity index (χ4v) is 5.87. The number of hydrogen-bond donors (Lipinski definition) is 1. The molecule has 4 saturated carbocycles. The van der Waals surface area contributed by atoms with Gasteiger partial charge >= 0.3 is 5.97 Å². The Morgan fingerprint density at radius 2 is 1.78 bits per heavy atom. The molecule has 5 fully saturated rings. The first-order chi connectivity index (χ1) is 11.1. The molecule has 4 bridgehead atoms. The Morgan fingerprint density at radius 3 is 2.30 bits per heavy atom. The molecule has 128 valence electrons. The second-order valence-electron chi connectivity index (χ2n) is 8.51. The molecule has 1 atom stereocenters. The van der Waals surface area contributed by atoms with Crippen molar-refractivity contribution in [1.82, 2.24) is 0 Å². The number of epoxide rings is 1. The summed E-state index contributed by atoms with van der Waals surface area (Å²) in [7, 11) is 0. The first-order valence-corrected chi connectivity index (χ1v) is 9.27. The molecule has 5 aliphatic rings. The predicted molar refractivity (Wildman–Crippen MR) is 85.9 cm³/mol. The van der Waals surface area contributed by atoms with E-state index in [9.17, 15) is 9.90 Å². The van der Waals surface area contributed by atoms with Gasteiger partial charge in [0.2, 0.25) is 0 Å². The van der Waals surface area contributed by atoms with Crippen LogP contribution in [0.5, 0.6) is 0 Å². The van der Waals surface area contributed by atoms with Crippen LogP contribution in [0.4, 0.5) is 0 Å². The van der Waals surface area contributed by atoms with Gasteiger partial charge in [-0.25, -0.2) is 4.79 Å². The van der Waals surface area contributed by atoms with Crippen LogP contribution in [0.25, 0.3) is 0 Å². The van der Waals surface area contributed by atoms with Gasteiger partial charge in [0.25, 0.3) is 0 Å². The van der Waals surface area contributed by atoms with Crippen molar-refractivity contribution in [2.45, 2.75) is 63.9 Å². The molecule has 1 N–H and O–H groups in total. The van der Waals surface area contributed by atoms with Gasteiger partial charge in [-0.15, -0.1) is 0 Å². The summed E-state index contributed by atoms with van der Waals surface area (Å²) in [5, 5.41) is 9.56. The maximum atomic E-state index is 11.6. The van der Waals surface area contributed by atoms with E-state index in [1.165, 1.54) is 44.8 Å². The van der Waals surface area contributed by atoms with Gasteiger partial charge < -0.3 is 14.6 Å². The molecule has 0 amide bonds. The molecule has 0 spiro atoms. The lowest BCUT2D eigenvalue weighted by Gasteiger charge is -2.57. The average molecular weight is 320 g/mol. The zero-order chi connectivity index (χ0) is 15.9. The van der Waals surface area contributed by atoms with Crippen LogP contribution in [0.2, 0.25) is 0 Å². The van der Waals surface area contributed by atoms with Crippen LogP contribution >= 0.6 is 0 Å². The van der Waals surface area contributed by atoms with E-state index in [0.29, 0.717) is 24.7 Å². The van der Waals surface area contributed by atoms with Crippen LogP contribution in [0.1, 0.15) is 57.8 Å². The third-order valence-electron chi connectivity index (χ3n) is 6.42. The average Bonchev–Trinajstić information content (AvgIpc) is 3.28. The lowest BCUT2D eigenvalue weighted by Crippen LogP contribution is -2.46. The molecule has 1 aliphatic heterocycles. The molecule has 0 aromatic heterocycles.